The van der Waals surface area contributed by atoms with E-state index in [2.05, 4.69) is 5.32 Å². The lowest BCUT2D eigenvalue weighted by Crippen LogP contribution is -2.49. The third kappa shape index (κ3) is 2.86. The fourth-order valence-corrected chi connectivity index (χ4v) is 2.41. The Bertz CT molecular complexity index is 229. The Morgan fingerprint density at radius 2 is 1.87 bits per heavy atom. The van der Waals surface area contributed by atoms with Crippen molar-refractivity contribution in [3.63, 3.8) is 0 Å². The van der Waals surface area contributed by atoms with Crippen LogP contribution in [-0.2, 0) is 0 Å². The molecule has 88 valence electrons. The van der Waals surface area contributed by atoms with Gasteiger partial charge in [-0.3, -0.25) is 4.90 Å². The molecule has 3 nitrogen and oxygen atoms in total. The average Bonchev–Trinajstić information content (AvgIpc) is 2.45. The molecule has 0 unspecified atom stereocenters. The van der Waals surface area contributed by atoms with Gasteiger partial charge in [0.2, 0.25) is 0 Å². The van der Waals surface area contributed by atoms with Gasteiger partial charge in [-0.1, -0.05) is 0 Å². The second-order valence-electron chi connectivity index (χ2n) is 4.79. The highest BCUT2D eigenvalue weighted by atomic mass is 19.3. The number of nitrogens with zero attached hydrogens (tertiary/aromatic N) is 1. The molecule has 2 saturated heterocycles. The van der Waals surface area contributed by atoms with Gasteiger partial charge < -0.3 is 10.4 Å². The largest absolute Gasteiger partial charge is 0.388 e. The van der Waals surface area contributed by atoms with Crippen molar-refractivity contribution >= 4 is 0 Å². The molecule has 0 saturated carbocycles. The number of β-amino-alcohol motifs (C(OH)–C–C–N with tert-alkyl or cyclic N) is 1. The number of nitrogens with one attached hydrogen (secondary N) is 1. The first-order valence-corrected chi connectivity index (χ1v) is 5.53. The van der Waals surface area contributed by atoms with Crippen LogP contribution in [0.25, 0.3) is 0 Å². The topological polar surface area (TPSA) is 35.5 Å². The number of halogens is 2. The van der Waals surface area contributed by atoms with E-state index >= 15 is 0 Å². The maximum atomic E-state index is 12.9. The molecule has 0 bridgehead atoms. The molecule has 15 heavy (non-hydrogen) atoms. The van der Waals surface area contributed by atoms with Crippen LogP contribution in [0.15, 0.2) is 0 Å². The molecule has 0 aromatic heterocycles. The Morgan fingerprint density at radius 3 is 2.40 bits per heavy atom. The summed E-state index contributed by atoms with van der Waals surface area (Å²) in [6.07, 6.45) is 1.26. The Hall–Kier alpha value is -0.260. The normalized spacial score (nSPS) is 30.6. The van der Waals surface area contributed by atoms with Gasteiger partial charge in [-0.2, -0.15) is 0 Å². The van der Waals surface area contributed by atoms with Gasteiger partial charge in [0.15, 0.2) is 0 Å². The van der Waals surface area contributed by atoms with Crippen LogP contribution < -0.4 is 5.32 Å². The van der Waals surface area contributed by atoms with Gasteiger partial charge in [0.25, 0.3) is 5.92 Å². The van der Waals surface area contributed by atoms with Crippen LogP contribution in [0.2, 0.25) is 0 Å². The molecule has 0 spiro atoms. The quantitative estimate of drug-likeness (QED) is 0.709. The highest BCUT2D eigenvalue weighted by molar-refractivity contribution is 4.91. The van der Waals surface area contributed by atoms with Gasteiger partial charge in [0.05, 0.1) is 12.1 Å². The van der Waals surface area contributed by atoms with Gasteiger partial charge in [0.1, 0.15) is 0 Å². The summed E-state index contributed by atoms with van der Waals surface area (Å²) in [6, 6.07) is 0. The fraction of sp³-hybridized carbons (Fsp3) is 1.00. The lowest BCUT2D eigenvalue weighted by atomic mass is 9.92. The van der Waals surface area contributed by atoms with Crippen LogP contribution in [0.5, 0.6) is 0 Å². The Morgan fingerprint density at radius 1 is 1.20 bits per heavy atom. The molecule has 0 amide bonds. The van der Waals surface area contributed by atoms with Crippen LogP contribution in [0, 0.1) is 0 Å². The smallest absolute Gasteiger partial charge is 0.261 e. The van der Waals surface area contributed by atoms with E-state index in [1.54, 1.807) is 4.90 Å². The van der Waals surface area contributed by atoms with Gasteiger partial charge in [-0.05, 0) is 25.9 Å². The van der Waals surface area contributed by atoms with E-state index in [9.17, 15) is 13.9 Å². The highest BCUT2D eigenvalue weighted by Gasteiger charge is 2.41. The predicted octanol–water partition coefficient (Wildman–Crippen LogP) is 0.442. The molecule has 2 rings (SSSR count). The molecule has 2 heterocycles. The van der Waals surface area contributed by atoms with Gasteiger partial charge in [-0.15, -0.1) is 0 Å². The van der Waals surface area contributed by atoms with E-state index in [0.717, 1.165) is 13.1 Å². The van der Waals surface area contributed by atoms with Crippen LogP contribution in [0.3, 0.4) is 0 Å². The molecule has 0 aromatic carbocycles. The summed E-state index contributed by atoms with van der Waals surface area (Å²) >= 11 is 0. The molecule has 0 aromatic rings. The third-order valence-electron chi connectivity index (χ3n) is 3.30. The molecular formula is C10H18F2N2O. The SMILES string of the molecule is OC1(CN2CCC(F)(F)C2)CCNCC1. The molecule has 2 aliphatic heterocycles. The highest BCUT2D eigenvalue weighted by Crippen LogP contribution is 2.29. The fourth-order valence-electron chi connectivity index (χ4n) is 2.41. The Balaban J connectivity index is 1.86. The molecular weight excluding hydrogens is 202 g/mol. The molecule has 5 heteroatoms. The van der Waals surface area contributed by atoms with Gasteiger partial charge >= 0.3 is 0 Å². The van der Waals surface area contributed by atoms with E-state index < -0.39 is 11.5 Å². The predicted molar refractivity (Wildman–Crippen MR) is 53.1 cm³/mol. The maximum absolute atomic E-state index is 12.9. The lowest BCUT2D eigenvalue weighted by Gasteiger charge is -2.35. The number of piperidine rings is 1. The Labute approximate surface area is 88.4 Å². The Kier molecular flexibility index (Phi) is 2.96. The van der Waals surface area contributed by atoms with E-state index in [4.69, 9.17) is 0 Å². The summed E-state index contributed by atoms with van der Waals surface area (Å²) in [7, 11) is 0. The van der Waals surface area contributed by atoms with Crippen LogP contribution in [0.1, 0.15) is 19.3 Å². The van der Waals surface area contributed by atoms with Crippen molar-refractivity contribution in [2.24, 2.45) is 0 Å². The molecule has 0 radical (unpaired) electrons. The lowest BCUT2D eigenvalue weighted by molar-refractivity contribution is -0.0309. The van der Waals surface area contributed by atoms with Crippen molar-refractivity contribution in [3.8, 4) is 0 Å². The first-order valence-electron chi connectivity index (χ1n) is 5.53. The first kappa shape index (κ1) is 11.2. The molecule has 2 fully saturated rings. The molecule has 0 atom stereocenters. The van der Waals surface area contributed by atoms with E-state index in [-0.39, 0.29) is 13.0 Å². The van der Waals surface area contributed by atoms with Gasteiger partial charge in [0, 0.05) is 19.5 Å². The number of aliphatic hydroxyl groups is 1. The minimum Gasteiger partial charge on any atom is -0.388 e. The summed E-state index contributed by atoms with van der Waals surface area (Å²) in [4.78, 5) is 1.69. The monoisotopic (exact) mass is 220 g/mol. The van der Waals surface area contributed by atoms with Crippen LogP contribution in [-0.4, -0.2) is 54.3 Å². The van der Waals surface area contributed by atoms with E-state index in [1.165, 1.54) is 0 Å². The van der Waals surface area contributed by atoms with Crippen molar-refractivity contribution in [1.82, 2.24) is 10.2 Å². The van der Waals surface area contributed by atoms with Crippen molar-refractivity contribution in [2.75, 3.05) is 32.7 Å². The summed E-state index contributed by atoms with van der Waals surface area (Å²) in [5, 5.41) is 13.3. The zero-order valence-corrected chi connectivity index (χ0v) is 8.81. The number of rotatable bonds is 2. The van der Waals surface area contributed by atoms with Crippen molar-refractivity contribution in [3.05, 3.63) is 0 Å². The number of likely N-dealkylation sites (tertiary alicyclic amines) is 1. The summed E-state index contributed by atoms with van der Waals surface area (Å²) in [6.45, 7) is 2.16. The van der Waals surface area contributed by atoms with Crippen LogP contribution in [0.4, 0.5) is 8.78 Å². The summed E-state index contributed by atoms with van der Waals surface area (Å²) in [5.41, 5.74) is -0.758. The minimum atomic E-state index is -2.55. The average molecular weight is 220 g/mol. The summed E-state index contributed by atoms with van der Waals surface area (Å²) in [5.74, 6) is -2.55. The first-order chi connectivity index (χ1) is 6.99. The molecule has 2 aliphatic rings. The maximum Gasteiger partial charge on any atom is 0.261 e. The zero-order valence-electron chi connectivity index (χ0n) is 8.81. The zero-order chi connectivity index (χ0) is 10.9. The summed E-state index contributed by atoms with van der Waals surface area (Å²) < 4.78 is 25.9. The standard InChI is InChI=1S/C10H18F2N2O/c11-10(12)3-6-14(8-10)7-9(15)1-4-13-5-2-9/h13,15H,1-8H2. The second-order valence-corrected chi connectivity index (χ2v) is 4.79. The van der Waals surface area contributed by atoms with E-state index in [1.807, 2.05) is 0 Å². The second kappa shape index (κ2) is 3.96. The van der Waals surface area contributed by atoms with E-state index in [0.29, 0.717) is 25.9 Å². The third-order valence-corrected chi connectivity index (χ3v) is 3.30. The number of hydrogen-bond donors (Lipinski definition) is 2. The minimum absolute atomic E-state index is 0.0681. The number of alkyl halides is 2. The molecule has 2 N–H and O–H groups in total. The number of hydrogen-bond acceptors (Lipinski definition) is 3. The van der Waals surface area contributed by atoms with Gasteiger partial charge in [-0.25, -0.2) is 8.78 Å². The molecule has 0 aliphatic carbocycles. The van der Waals surface area contributed by atoms with Crippen LogP contribution >= 0.6 is 0 Å². The van der Waals surface area contributed by atoms with Crippen molar-refractivity contribution < 1.29 is 13.9 Å². The van der Waals surface area contributed by atoms with Crippen molar-refractivity contribution in [1.29, 1.82) is 0 Å². The van der Waals surface area contributed by atoms with Crippen molar-refractivity contribution in [2.45, 2.75) is 30.8 Å².